The van der Waals surface area contributed by atoms with E-state index < -0.39 is 0 Å². The standard InChI is InChI=1S/C14H28N2/c1-13-5-11-16(12-6-13)14(9-10-15)7-3-2-4-8-14/h13H,2-12,15H2,1H3. The van der Waals surface area contributed by atoms with Crippen molar-refractivity contribution in [1.29, 1.82) is 0 Å². The lowest BCUT2D eigenvalue weighted by atomic mass is 9.76. The Morgan fingerprint density at radius 2 is 1.75 bits per heavy atom. The fourth-order valence-corrected chi connectivity index (χ4v) is 3.69. The van der Waals surface area contributed by atoms with Gasteiger partial charge in [-0.25, -0.2) is 0 Å². The second-order valence-electron chi connectivity index (χ2n) is 5.99. The fraction of sp³-hybridized carbons (Fsp3) is 1.00. The molecule has 0 radical (unpaired) electrons. The summed E-state index contributed by atoms with van der Waals surface area (Å²) in [7, 11) is 0. The third kappa shape index (κ3) is 2.60. The van der Waals surface area contributed by atoms with Gasteiger partial charge in [0, 0.05) is 5.54 Å². The van der Waals surface area contributed by atoms with E-state index in [4.69, 9.17) is 5.73 Å². The Morgan fingerprint density at radius 1 is 1.12 bits per heavy atom. The molecule has 2 nitrogen and oxygen atoms in total. The second-order valence-corrected chi connectivity index (χ2v) is 5.99. The van der Waals surface area contributed by atoms with E-state index in [1.54, 1.807) is 0 Å². The summed E-state index contributed by atoms with van der Waals surface area (Å²) in [6, 6.07) is 0. The van der Waals surface area contributed by atoms with Crippen molar-refractivity contribution in [3.8, 4) is 0 Å². The van der Waals surface area contributed by atoms with E-state index in [0.29, 0.717) is 5.54 Å². The molecule has 0 aromatic heterocycles. The summed E-state index contributed by atoms with van der Waals surface area (Å²) in [6.45, 7) is 5.90. The van der Waals surface area contributed by atoms with Gasteiger partial charge in [-0.15, -0.1) is 0 Å². The zero-order valence-electron chi connectivity index (χ0n) is 10.9. The van der Waals surface area contributed by atoms with Gasteiger partial charge in [-0.1, -0.05) is 26.2 Å². The highest BCUT2D eigenvalue weighted by Gasteiger charge is 2.38. The van der Waals surface area contributed by atoms with Crippen LogP contribution >= 0.6 is 0 Å². The predicted molar refractivity (Wildman–Crippen MR) is 69.5 cm³/mol. The van der Waals surface area contributed by atoms with Gasteiger partial charge in [0.2, 0.25) is 0 Å². The van der Waals surface area contributed by atoms with E-state index in [1.807, 2.05) is 0 Å². The van der Waals surface area contributed by atoms with Gasteiger partial charge in [-0.2, -0.15) is 0 Å². The van der Waals surface area contributed by atoms with Crippen LogP contribution < -0.4 is 5.73 Å². The van der Waals surface area contributed by atoms with E-state index in [9.17, 15) is 0 Å². The van der Waals surface area contributed by atoms with Crippen LogP contribution in [-0.2, 0) is 0 Å². The first-order valence-corrected chi connectivity index (χ1v) is 7.22. The molecule has 16 heavy (non-hydrogen) atoms. The molecule has 1 aliphatic heterocycles. The van der Waals surface area contributed by atoms with Crippen molar-refractivity contribution in [3.05, 3.63) is 0 Å². The molecule has 0 unspecified atom stereocenters. The lowest BCUT2D eigenvalue weighted by Crippen LogP contribution is -2.53. The molecule has 0 aromatic rings. The van der Waals surface area contributed by atoms with Crippen molar-refractivity contribution in [2.45, 2.75) is 63.8 Å². The van der Waals surface area contributed by atoms with Crippen LogP contribution in [0.15, 0.2) is 0 Å². The molecule has 2 aliphatic rings. The average Bonchev–Trinajstić information content (AvgIpc) is 2.31. The van der Waals surface area contributed by atoms with Crippen LogP contribution in [-0.4, -0.2) is 30.1 Å². The monoisotopic (exact) mass is 224 g/mol. The van der Waals surface area contributed by atoms with Crippen LogP contribution in [0.5, 0.6) is 0 Å². The summed E-state index contributed by atoms with van der Waals surface area (Å²) in [6.07, 6.45) is 11.1. The highest BCUT2D eigenvalue weighted by atomic mass is 15.2. The van der Waals surface area contributed by atoms with Gasteiger partial charge >= 0.3 is 0 Å². The van der Waals surface area contributed by atoms with Gasteiger partial charge in [-0.3, -0.25) is 4.90 Å². The molecule has 0 bridgehead atoms. The van der Waals surface area contributed by atoms with Crippen molar-refractivity contribution in [2.75, 3.05) is 19.6 Å². The van der Waals surface area contributed by atoms with E-state index in [2.05, 4.69) is 11.8 Å². The summed E-state index contributed by atoms with van der Waals surface area (Å²) in [5.41, 5.74) is 6.35. The number of nitrogens with two attached hydrogens (primary N) is 1. The molecule has 2 heteroatoms. The third-order valence-electron chi connectivity index (χ3n) is 4.85. The van der Waals surface area contributed by atoms with Crippen LogP contribution in [0.25, 0.3) is 0 Å². The number of hydrogen-bond donors (Lipinski definition) is 1. The van der Waals surface area contributed by atoms with Crippen LogP contribution in [0.3, 0.4) is 0 Å². The normalized spacial score (nSPS) is 28.1. The van der Waals surface area contributed by atoms with Gasteiger partial charge in [0.15, 0.2) is 0 Å². The van der Waals surface area contributed by atoms with Crippen molar-refractivity contribution >= 4 is 0 Å². The number of nitrogens with zero attached hydrogens (tertiary/aromatic N) is 1. The lowest BCUT2D eigenvalue weighted by Gasteiger charge is -2.49. The predicted octanol–water partition coefficient (Wildman–Crippen LogP) is 2.77. The second kappa shape index (κ2) is 5.50. The number of rotatable bonds is 3. The minimum absolute atomic E-state index is 0.493. The Labute approximate surface area is 101 Å². The number of hydrogen-bond acceptors (Lipinski definition) is 2. The quantitative estimate of drug-likeness (QED) is 0.798. The Hall–Kier alpha value is -0.0800. The maximum Gasteiger partial charge on any atom is 0.0221 e. The van der Waals surface area contributed by atoms with E-state index in [0.717, 1.165) is 12.5 Å². The molecule has 1 saturated heterocycles. The topological polar surface area (TPSA) is 29.3 Å². The first kappa shape index (κ1) is 12.4. The summed E-state index contributed by atoms with van der Waals surface area (Å²) in [4.78, 5) is 2.79. The van der Waals surface area contributed by atoms with Gasteiger partial charge in [0.1, 0.15) is 0 Å². The van der Waals surface area contributed by atoms with E-state index >= 15 is 0 Å². The molecule has 0 atom stereocenters. The van der Waals surface area contributed by atoms with E-state index in [1.165, 1.54) is 64.5 Å². The summed E-state index contributed by atoms with van der Waals surface area (Å²) in [5.74, 6) is 0.940. The summed E-state index contributed by atoms with van der Waals surface area (Å²) >= 11 is 0. The van der Waals surface area contributed by atoms with Crippen LogP contribution in [0.4, 0.5) is 0 Å². The molecule has 0 spiro atoms. The Morgan fingerprint density at radius 3 is 2.31 bits per heavy atom. The fourth-order valence-electron chi connectivity index (χ4n) is 3.69. The van der Waals surface area contributed by atoms with Crippen molar-refractivity contribution in [3.63, 3.8) is 0 Å². The highest BCUT2D eigenvalue weighted by molar-refractivity contribution is 4.94. The maximum atomic E-state index is 5.85. The van der Waals surface area contributed by atoms with Gasteiger partial charge in [0.05, 0.1) is 0 Å². The minimum atomic E-state index is 0.493. The summed E-state index contributed by atoms with van der Waals surface area (Å²) in [5, 5.41) is 0. The molecular weight excluding hydrogens is 196 g/mol. The molecule has 1 heterocycles. The molecular formula is C14H28N2. The van der Waals surface area contributed by atoms with Crippen LogP contribution in [0.2, 0.25) is 0 Å². The smallest absolute Gasteiger partial charge is 0.0221 e. The maximum absolute atomic E-state index is 5.85. The molecule has 2 rings (SSSR count). The number of likely N-dealkylation sites (tertiary alicyclic amines) is 1. The molecule has 1 aliphatic carbocycles. The molecule has 94 valence electrons. The van der Waals surface area contributed by atoms with Crippen molar-refractivity contribution < 1.29 is 0 Å². The third-order valence-corrected chi connectivity index (χ3v) is 4.85. The van der Waals surface area contributed by atoms with Gasteiger partial charge in [0.25, 0.3) is 0 Å². The lowest BCUT2D eigenvalue weighted by molar-refractivity contribution is 0.0179. The Bertz CT molecular complexity index is 195. The number of piperidine rings is 1. The Balaban J connectivity index is 2.00. The summed E-state index contributed by atoms with van der Waals surface area (Å²) < 4.78 is 0. The van der Waals surface area contributed by atoms with E-state index in [-0.39, 0.29) is 0 Å². The zero-order valence-corrected chi connectivity index (χ0v) is 10.9. The minimum Gasteiger partial charge on any atom is -0.330 e. The molecule has 0 amide bonds. The molecule has 2 fully saturated rings. The first-order chi connectivity index (χ1) is 7.77. The Kier molecular flexibility index (Phi) is 4.26. The first-order valence-electron chi connectivity index (χ1n) is 7.22. The van der Waals surface area contributed by atoms with Gasteiger partial charge in [-0.05, 0) is 57.7 Å². The van der Waals surface area contributed by atoms with Gasteiger partial charge < -0.3 is 5.73 Å². The average molecular weight is 224 g/mol. The van der Waals surface area contributed by atoms with Crippen molar-refractivity contribution in [2.24, 2.45) is 11.7 Å². The van der Waals surface area contributed by atoms with Crippen molar-refractivity contribution in [1.82, 2.24) is 4.90 Å². The molecule has 0 aromatic carbocycles. The SMILES string of the molecule is CC1CCN(C2(CCN)CCCCC2)CC1. The largest absolute Gasteiger partial charge is 0.330 e. The highest BCUT2D eigenvalue weighted by Crippen LogP contribution is 2.38. The van der Waals surface area contributed by atoms with Crippen LogP contribution in [0, 0.1) is 5.92 Å². The molecule has 2 N–H and O–H groups in total. The zero-order chi connectivity index (χ0) is 11.4. The molecule has 1 saturated carbocycles. The van der Waals surface area contributed by atoms with Crippen LogP contribution in [0.1, 0.15) is 58.3 Å².